The van der Waals surface area contributed by atoms with E-state index in [2.05, 4.69) is 5.32 Å². The molecule has 0 aromatic heterocycles. The minimum Gasteiger partial charge on any atom is -0.378 e. The number of nitrogens with one attached hydrogen (secondary N) is 1. The van der Waals surface area contributed by atoms with Crippen LogP contribution < -0.4 is 5.32 Å². The Balaban J connectivity index is 2.04. The quantitative estimate of drug-likeness (QED) is 0.669. The predicted molar refractivity (Wildman–Crippen MR) is 76.7 cm³/mol. The fourth-order valence-electron chi connectivity index (χ4n) is 1.82. The Labute approximate surface area is 120 Å². The van der Waals surface area contributed by atoms with Gasteiger partial charge in [0.15, 0.2) is 0 Å². The van der Waals surface area contributed by atoms with Gasteiger partial charge in [-0.1, -0.05) is 29.8 Å². The number of halogens is 2. The SMILES string of the molecule is O=[N+]([O-])c1cccc(Cl)c1NCCc1ccc(F)cc1. The summed E-state index contributed by atoms with van der Waals surface area (Å²) >= 11 is 5.96. The summed E-state index contributed by atoms with van der Waals surface area (Å²) < 4.78 is 12.8. The fraction of sp³-hybridized carbons (Fsp3) is 0.143. The van der Waals surface area contributed by atoms with Crippen molar-refractivity contribution in [2.45, 2.75) is 6.42 Å². The molecular weight excluding hydrogens is 283 g/mol. The lowest BCUT2D eigenvalue weighted by Crippen LogP contribution is -2.07. The lowest BCUT2D eigenvalue weighted by Gasteiger charge is -2.08. The minimum absolute atomic E-state index is 0.0587. The number of nitro groups is 1. The molecule has 0 aliphatic carbocycles. The number of nitro benzene ring substituents is 1. The third-order valence-corrected chi connectivity index (χ3v) is 3.13. The van der Waals surface area contributed by atoms with Crippen LogP contribution in [0.5, 0.6) is 0 Å². The zero-order chi connectivity index (χ0) is 14.5. The monoisotopic (exact) mass is 294 g/mol. The van der Waals surface area contributed by atoms with Gasteiger partial charge in [-0.15, -0.1) is 0 Å². The van der Waals surface area contributed by atoms with Crippen LogP contribution >= 0.6 is 11.6 Å². The van der Waals surface area contributed by atoms with Gasteiger partial charge in [-0.2, -0.15) is 0 Å². The highest BCUT2D eigenvalue weighted by Crippen LogP contribution is 2.31. The second kappa shape index (κ2) is 6.34. The van der Waals surface area contributed by atoms with E-state index in [0.717, 1.165) is 5.56 Å². The Kier molecular flexibility index (Phi) is 4.53. The van der Waals surface area contributed by atoms with Crippen molar-refractivity contribution in [1.82, 2.24) is 0 Å². The molecule has 0 bridgehead atoms. The third-order valence-electron chi connectivity index (χ3n) is 2.82. The second-order valence-electron chi connectivity index (χ2n) is 4.19. The van der Waals surface area contributed by atoms with E-state index in [4.69, 9.17) is 11.6 Å². The Morgan fingerprint density at radius 1 is 1.20 bits per heavy atom. The molecule has 6 heteroatoms. The van der Waals surface area contributed by atoms with Gasteiger partial charge in [0.05, 0.1) is 9.95 Å². The molecule has 0 aliphatic rings. The van der Waals surface area contributed by atoms with Crippen LogP contribution in [-0.4, -0.2) is 11.5 Å². The number of nitrogens with zero attached hydrogens (tertiary/aromatic N) is 1. The molecular formula is C14H12ClFN2O2. The summed E-state index contributed by atoms with van der Waals surface area (Å²) in [5.74, 6) is -0.288. The Morgan fingerprint density at radius 2 is 1.90 bits per heavy atom. The van der Waals surface area contributed by atoms with Gasteiger partial charge in [0.25, 0.3) is 5.69 Å². The first-order valence-electron chi connectivity index (χ1n) is 5.99. The number of rotatable bonds is 5. The molecule has 2 rings (SSSR count). The van der Waals surface area contributed by atoms with Gasteiger partial charge < -0.3 is 5.32 Å². The van der Waals surface area contributed by atoms with E-state index in [0.29, 0.717) is 23.7 Å². The van der Waals surface area contributed by atoms with E-state index in [1.54, 1.807) is 18.2 Å². The smallest absolute Gasteiger partial charge is 0.293 e. The van der Waals surface area contributed by atoms with Crippen molar-refractivity contribution < 1.29 is 9.31 Å². The normalized spacial score (nSPS) is 10.3. The van der Waals surface area contributed by atoms with Crippen molar-refractivity contribution in [2.75, 3.05) is 11.9 Å². The molecule has 0 spiro atoms. The van der Waals surface area contributed by atoms with Crippen molar-refractivity contribution in [2.24, 2.45) is 0 Å². The fourth-order valence-corrected chi connectivity index (χ4v) is 2.06. The van der Waals surface area contributed by atoms with Crippen LogP contribution in [0.25, 0.3) is 0 Å². The van der Waals surface area contributed by atoms with Gasteiger partial charge in [-0.3, -0.25) is 10.1 Å². The van der Waals surface area contributed by atoms with E-state index < -0.39 is 4.92 Å². The standard InChI is InChI=1S/C14H12ClFN2O2/c15-12-2-1-3-13(18(19)20)14(12)17-9-8-10-4-6-11(16)7-5-10/h1-7,17H,8-9H2. The molecule has 0 saturated carbocycles. The molecule has 20 heavy (non-hydrogen) atoms. The van der Waals surface area contributed by atoms with E-state index in [1.807, 2.05) is 0 Å². The molecule has 2 aromatic carbocycles. The van der Waals surface area contributed by atoms with Gasteiger partial charge in [-0.05, 0) is 30.2 Å². The molecule has 0 saturated heterocycles. The summed E-state index contributed by atoms with van der Waals surface area (Å²) in [6, 6.07) is 10.6. The first-order chi connectivity index (χ1) is 9.58. The van der Waals surface area contributed by atoms with E-state index in [9.17, 15) is 14.5 Å². The van der Waals surface area contributed by atoms with E-state index in [-0.39, 0.29) is 11.5 Å². The van der Waals surface area contributed by atoms with Gasteiger partial charge in [-0.25, -0.2) is 4.39 Å². The minimum atomic E-state index is -0.480. The number of benzene rings is 2. The number of hydrogen-bond donors (Lipinski definition) is 1. The summed E-state index contributed by atoms with van der Waals surface area (Å²) in [5.41, 5.74) is 1.19. The molecule has 2 aromatic rings. The summed E-state index contributed by atoms with van der Waals surface area (Å²) in [5, 5.41) is 14.2. The maximum atomic E-state index is 12.8. The Hall–Kier alpha value is -2.14. The number of anilines is 1. The molecule has 0 unspecified atom stereocenters. The van der Waals surface area contributed by atoms with Crippen molar-refractivity contribution in [3.8, 4) is 0 Å². The van der Waals surface area contributed by atoms with Crippen molar-refractivity contribution in [3.05, 3.63) is 69.0 Å². The first-order valence-corrected chi connectivity index (χ1v) is 6.37. The number of hydrogen-bond acceptors (Lipinski definition) is 3. The van der Waals surface area contributed by atoms with Crippen LogP contribution in [0.15, 0.2) is 42.5 Å². The van der Waals surface area contributed by atoms with Crippen molar-refractivity contribution in [3.63, 3.8) is 0 Å². The highest BCUT2D eigenvalue weighted by Gasteiger charge is 2.15. The van der Waals surface area contributed by atoms with Crippen molar-refractivity contribution >= 4 is 23.0 Å². The highest BCUT2D eigenvalue weighted by molar-refractivity contribution is 6.33. The van der Waals surface area contributed by atoms with Crippen LogP contribution in [0.3, 0.4) is 0 Å². The van der Waals surface area contributed by atoms with Gasteiger partial charge in [0.2, 0.25) is 0 Å². The van der Waals surface area contributed by atoms with Crippen LogP contribution in [0.1, 0.15) is 5.56 Å². The molecule has 0 aliphatic heterocycles. The summed E-state index contributed by atoms with van der Waals surface area (Å²) in [6.07, 6.45) is 0.614. The third kappa shape index (κ3) is 3.45. The predicted octanol–water partition coefficient (Wildman–Crippen LogP) is 4.04. The molecule has 0 atom stereocenters. The van der Waals surface area contributed by atoms with Gasteiger partial charge >= 0.3 is 0 Å². The second-order valence-corrected chi connectivity index (χ2v) is 4.60. The van der Waals surface area contributed by atoms with Crippen LogP contribution in [0, 0.1) is 15.9 Å². The topological polar surface area (TPSA) is 55.2 Å². The lowest BCUT2D eigenvalue weighted by molar-refractivity contribution is -0.383. The molecule has 0 fully saturated rings. The van der Waals surface area contributed by atoms with Gasteiger partial charge in [0.1, 0.15) is 11.5 Å². The van der Waals surface area contributed by atoms with Crippen LogP contribution in [-0.2, 0) is 6.42 Å². The molecule has 104 valence electrons. The Morgan fingerprint density at radius 3 is 2.55 bits per heavy atom. The molecule has 0 heterocycles. The average molecular weight is 295 g/mol. The summed E-state index contributed by atoms with van der Waals surface area (Å²) in [7, 11) is 0. The zero-order valence-corrected chi connectivity index (χ0v) is 11.2. The van der Waals surface area contributed by atoms with Gasteiger partial charge in [0, 0.05) is 12.6 Å². The number of para-hydroxylation sites is 1. The first kappa shape index (κ1) is 14.3. The van der Waals surface area contributed by atoms with E-state index in [1.165, 1.54) is 24.3 Å². The largest absolute Gasteiger partial charge is 0.378 e. The zero-order valence-electron chi connectivity index (χ0n) is 10.5. The molecule has 1 N–H and O–H groups in total. The maximum absolute atomic E-state index is 12.8. The average Bonchev–Trinajstić information content (AvgIpc) is 2.42. The highest BCUT2D eigenvalue weighted by atomic mass is 35.5. The van der Waals surface area contributed by atoms with E-state index >= 15 is 0 Å². The van der Waals surface area contributed by atoms with Crippen LogP contribution in [0.4, 0.5) is 15.8 Å². The maximum Gasteiger partial charge on any atom is 0.293 e. The molecule has 0 radical (unpaired) electrons. The summed E-state index contributed by atoms with van der Waals surface area (Å²) in [6.45, 7) is 0.468. The summed E-state index contributed by atoms with van der Waals surface area (Å²) in [4.78, 5) is 10.4. The molecule has 4 nitrogen and oxygen atoms in total. The molecule has 0 amide bonds. The van der Waals surface area contributed by atoms with Crippen molar-refractivity contribution in [1.29, 1.82) is 0 Å². The Bertz CT molecular complexity index is 617. The lowest BCUT2D eigenvalue weighted by atomic mass is 10.1. The van der Waals surface area contributed by atoms with Crippen LogP contribution in [0.2, 0.25) is 5.02 Å².